The van der Waals surface area contributed by atoms with E-state index in [0.29, 0.717) is 17.0 Å². The first-order valence-electron chi connectivity index (χ1n) is 5.15. The molecule has 0 aliphatic carbocycles. The van der Waals surface area contributed by atoms with Crippen molar-refractivity contribution in [1.29, 1.82) is 0 Å². The normalized spacial score (nSPS) is 17.7. The molecule has 0 bridgehead atoms. The number of carbonyl (C=O) groups is 1. The van der Waals surface area contributed by atoms with Crippen molar-refractivity contribution in [2.24, 2.45) is 0 Å². The van der Waals surface area contributed by atoms with Crippen LogP contribution in [0.2, 0.25) is 0 Å². The third-order valence-corrected chi connectivity index (χ3v) is 2.90. The van der Waals surface area contributed by atoms with Gasteiger partial charge in [-0.25, -0.2) is 0 Å². The van der Waals surface area contributed by atoms with E-state index in [4.69, 9.17) is 4.74 Å². The summed E-state index contributed by atoms with van der Waals surface area (Å²) >= 11 is 3.91. The second kappa shape index (κ2) is 4.95. The summed E-state index contributed by atoms with van der Waals surface area (Å²) in [5.74, 6) is 0.473. The van der Waals surface area contributed by atoms with E-state index in [9.17, 15) is 15.0 Å². The van der Waals surface area contributed by atoms with Crippen LogP contribution in [0.3, 0.4) is 0 Å². The summed E-state index contributed by atoms with van der Waals surface area (Å²) in [6, 6.07) is 4.88. The standard InChI is InChI=1S/C11H13NO4S/c13-8(5-17)11(15)6-1-2-9-7(3-6)12-10(14)4-16-9/h1-3,8,11,13,15,17H,4-5H2,(H,12,14). The zero-order valence-corrected chi connectivity index (χ0v) is 9.85. The molecule has 6 heteroatoms. The molecule has 17 heavy (non-hydrogen) atoms. The van der Waals surface area contributed by atoms with Crippen LogP contribution in [0.4, 0.5) is 5.69 Å². The summed E-state index contributed by atoms with van der Waals surface area (Å²) in [6.07, 6.45) is -1.98. The van der Waals surface area contributed by atoms with Crippen LogP contribution >= 0.6 is 12.6 Å². The van der Waals surface area contributed by atoms with Gasteiger partial charge < -0.3 is 20.3 Å². The fourth-order valence-electron chi connectivity index (χ4n) is 1.61. The van der Waals surface area contributed by atoms with Gasteiger partial charge in [0.2, 0.25) is 0 Å². The molecule has 1 aromatic rings. The first-order valence-corrected chi connectivity index (χ1v) is 5.78. The van der Waals surface area contributed by atoms with Crippen molar-refractivity contribution in [2.45, 2.75) is 12.2 Å². The Bertz CT molecular complexity index is 437. The molecule has 2 unspecified atom stereocenters. The van der Waals surface area contributed by atoms with E-state index in [1.165, 1.54) is 0 Å². The molecule has 5 nitrogen and oxygen atoms in total. The molecule has 1 aromatic carbocycles. The van der Waals surface area contributed by atoms with Crippen LogP contribution in [0.25, 0.3) is 0 Å². The first kappa shape index (κ1) is 12.2. The smallest absolute Gasteiger partial charge is 0.262 e. The largest absolute Gasteiger partial charge is 0.482 e. The minimum atomic E-state index is -1.03. The molecular formula is C11H13NO4S. The molecular weight excluding hydrogens is 242 g/mol. The number of ether oxygens (including phenoxy) is 1. The maximum atomic E-state index is 11.1. The summed E-state index contributed by atoms with van der Waals surface area (Å²) in [7, 11) is 0. The van der Waals surface area contributed by atoms with Crippen LogP contribution in [0.5, 0.6) is 5.75 Å². The summed E-state index contributed by atoms with van der Waals surface area (Å²) in [5, 5.41) is 21.9. The van der Waals surface area contributed by atoms with Gasteiger partial charge >= 0.3 is 0 Å². The number of fused-ring (bicyclic) bond motifs is 1. The number of carbonyl (C=O) groups excluding carboxylic acids is 1. The summed E-state index contributed by atoms with van der Waals surface area (Å²) in [6.45, 7) is -0.00579. The van der Waals surface area contributed by atoms with Gasteiger partial charge in [0.05, 0.1) is 11.8 Å². The number of hydrogen-bond acceptors (Lipinski definition) is 5. The van der Waals surface area contributed by atoms with E-state index in [-0.39, 0.29) is 18.3 Å². The van der Waals surface area contributed by atoms with Gasteiger partial charge in [-0.3, -0.25) is 4.79 Å². The highest BCUT2D eigenvalue weighted by atomic mass is 32.1. The topological polar surface area (TPSA) is 78.8 Å². The van der Waals surface area contributed by atoms with E-state index >= 15 is 0 Å². The van der Waals surface area contributed by atoms with Gasteiger partial charge in [-0.05, 0) is 17.7 Å². The van der Waals surface area contributed by atoms with Crippen molar-refractivity contribution >= 4 is 24.2 Å². The molecule has 1 aliphatic heterocycles. The molecule has 2 rings (SSSR count). The molecule has 0 saturated heterocycles. The van der Waals surface area contributed by atoms with Crippen LogP contribution in [0.1, 0.15) is 11.7 Å². The summed E-state index contributed by atoms with van der Waals surface area (Å²) < 4.78 is 5.19. The molecule has 0 aromatic heterocycles. The molecule has 3 N–H and O–H groups in total. The zero-order valence-electron chi connectivity index (χ0n) is 8.96. The molecule has 0 saturated carbocycles. The molecule has 0 radical (unpaired) electrons. The second-order valence-electron chi connectivity index (χ2n) is 3.79. The Balaban J connectivity index is 2.26. The number of thiol groups is 1. The SMILES string of the molecule is O=C1COc2ccc(C(O)C(O)CS)cc2N1. The lowest BCUT2D eigenvalue weighted by molar-refractivity contribution is -0.118. The monoisotopic (exact) mass is 255 g/mol. The molecule has 0 fully saturated rings. The van der Waals surface area contributed by atoms with E-state index in [1.807, 2.05) is 0 Å². The first-order chi connectivity index (χ1) is 8.11. The Kier molecular flexibility index (Phi) is 3.56. The van der Waals surface area contributed by atoms with Gasteiger partial charge in [0.1, 0.15) is 11.9 Å². The zero-order chi connectivity index (χ0) is 12.4. The van der Waals surface area contributed by atoms with E-state index in [0.717, 1.165) is 0 Å². The highest BCUT2D eigenvalue weighted by molar-refractivity contribution is 7.80. The number of benzene rings is 1. The predicted octanol–water partition coefficient (Wildman–Crippen LogP) is 0.342. The van der Waals surface area contributed by atoms with E-state index in [2.05, 4.69) is 17.9 Å². The van der Waals surface area contributed by atoms with Crippen molar-refractivity contribution in [2.75, 3.05) is 17.7 Å². The van der Waals surface area contributed by atoms with Crippen molar-refractivity contribution in [3.05, 3.63) is 23.8 Å². The third kappa shape index (κ3) is 2.54. The number of aliphatic hydroxyl groups excluding tert-OH is 2. The second-order valence-corrected chi connectivity index (χ2v) is 4.15. The van der Waals surface area contributed by atoms with Crippen molar-refractivity contribution in [1.82, 2.24) is 0 Å². The molecule has 2 atom stereocenters. The van der Waals surface area contributed by atoms with E-state index in [1.54, 1.807) is 18.2 Å². The number of anilines is 1. The van der Waals surface area contributed by atoms with Gasteiger partial charge in [-0.15, -0.1) is 0 Å². The molecule has 1 heterocycles. The Labute approximate surface area is 104 Å². The Morgan fingerprint density at radius 2 is 2.24 bits per heavy atom. The molecule has 1 aliphatic rings. The van der Waals surface area contributed by atoms with Crippen LogP contribution in [-0.4, -0.2) is 34.6 Å². The maximum absolute atomic E-state index is 11.1. The minimum absolute atomic E-state index is 0.00579. The third-order valence-electron chi connectivity index (χ3n) is 2.53. The fraction of sp³-hybridized carbons (Fsp3) is 0.364. The van der Waals surface area contributed by atoms with Crippen molar-refractivity contribution in [3.63, 3.8) is 0 Å². The van der Waals surface area contributed by atoms with Crippen LogP contribution in [-0.2, 0) is 4.79 Å². The number of aliphatic hydroxyl groups is 2. The molecule has 92 valence electrons. The van der Waals surface area contributed by atoms with Gasteiger partial charge in [-0.1, -0.05) is 6.07 Å². The van der Waals surface area contributed by atoms with E-state index < -0.39 is 12.2 Å². The molecule has 0 spiro atoms. The van der Waals surface area contributed by atoms with Crippen LogP contribution in [0.15, 0.2) is 18.2 Å². The average Bonchev–Trinajstić information content (AvgIpc) is 2.36. The van der Waals surface area contributed by atoms with Crippen molar-refractivity contribution in [3.8, 4) is 5.75 Å². The maximum Gasteiger partial charge on any atom is 0.262 e. The lowest BCUT2D eigenvalue weighted by Gasteiger charge is -2.21. The number of rotatable bonds is 3. The van der Waals surface area contributed by atoms with Crippen LogP contribution < -0.4 is 10.1 Å². The Hall–Kier alpha value is -1.24. The highest BCUT2D eigenvalue weighted by Crippen LogP contribution is 2.31. The highest BCUT2D eigenvalue weighted by Gasteiger charge is 2.21. The van der Waals surface area contributed by atoms with Gasteiger partial charge in [0.25, 0.3) is 5.91 Å². The summed E-state index contributed by atoms with van der Waals surface area (Å²) in [4.78, 5) is 11.1. The van der Waals surface area contributed by atoms with Gasteiger partial charge in [0.15, 0.2) is 6.61 Å². The number of hydrogen-bond donors (Lipinski definition) is 4. The van der Waals surface area contributed by atoms with Crippen molar-refractivity contribution < 1.29 is 19.7 Å². The number of amides is 1. The Morgan fingerprint density at radius 1 is 1.47 bits per heavy atom. The van der Waals surface area contributed by atoms with Gasteiger partial charge in [-0.2, -0.15) is 12.6 Å². The lowest BCUT2D eigenvalue weighted by Crippen LogP contribution is -2.26. The fourth-order valence-corrected chi connectivity index (χ4v) is 1.81. The summed E-state index contributed by atoms with van der Waals surface area (Å²) in [5.41, 5.74) is 1.01. The number of nitrogens with one attached hydrogen (secondary N) is 1. The quantitative estimate of drug-likeness (QED) is 0.587. The predicted molar refractivity (Wildman–Crippen MR) is 65.4 cm³/mol. The Morgan fingerprint density at radius 3 is 2.94 bits per heavy atom. The lowest BCUT2D eigenvalue weighted by atomic mass is 10.0. The average molecular weight is 255 g/mol. The minimum Gasteiger partial charge on any atom is -0.482 e. The van der Waals surface area contributed by atoms with Gasteiger partial charge in [0, 0.05) is 5.75 Å². The molecule has 1 amide bonds. The van der Waals surface area contributed by atoms with Crippen LogP contribution in [0, 0.1) is 0 Å².